The molecule has 0 saturated heterocycles. The molecular formula is C15H26N2O3. The van der Waals surface area contributed by atoms with Gasteiger partial charge in [-0.25, -0.2) is 0 Å². The maximum Gasteiger partial charge on any atom is 0.306 e. The van der Waals surface area contributed by atoms with E-state index in [1.165, 1.54) is 7.11 Å². The third kappa shape index (κ3) is 4.34. The lowest BCUT2D eigenvalue weighted by Crippen LogP contribution is -2.51. The second kappa shape index (κ2) is 8.04. The monoisotopic (exact) mass is 282 g/mol. The van der Waals surface area contributed by atoms with Crippen LogP contribution < -0.4 is 5.73 Å². The van der Waals surface area contributed by atoms with E-state index >= 15 is 0 Å². The Morgan fingerprint density at radius 3 is 2.65 bits per heavy atom. The predicted octanol–water partition coefficient (Wildman–Crippen LogP) is 1.47. The fourth-order valence-electron chi connectivity index (χ4n) is 2.83. The normalized spacial score (nSPS) is 23.8. The summed E-state index contributed by atoms with van der Waals surface area (Å²) in [6.07, 6.45) is 6.33. The number of hydrogen-bond donors (Lipinski definition) is 1. The van der Waals surface area contributed by atoms with Gasteiger partial charge in [-0.15, -0.1) is 6.58 Å². The van der Waals surface area contributed by atoms with Gasteiger partial charge in [-0.05, 0) is 19.3 Å². The summed E-state index contributed by atoms with van der Waals surface area (Å²) in [6.45, 7) is 3.66. The first kappa shape index (κ1) is 16.7. The summed E-state index contributed by atoms with van der Waals surface area (Å²) in [5, 5.41) is 0. The smallest absolute Gasteiger partial charge is 0.306 e. The topological polar surface area (TPSA) is 72.6 Å². The highest BCUT2D eigenvalue weighted by atomic mass is 16.5. The number of likely N-dealkylation sites (N-methyl/N-ethyl adjacent to an activating group) is 1. The van der Waals surface area contributed by atoms with Crippen molar-refractivity contribution in [1.29, 1.82) is 0 Å². The summed E-state index contributed by atoms with van der Waals surface area (Å²) in [5.74, 6) is -0.816. The molecule has 114 valence electrons. The molecule has 0 heterocycles. The third-order valence-corrected chi connectivity index (χ3v) is 4.07. The van der Waals surface area contributed by atoms with Gasteiger partial charge < -0.3 is 15.4 Å². The van der Waals surface area contributed by atoms with Gasteiger partial charge in [0.05, 0.1) is 19.4 Å². The molecule has 5 nitrogen and oxygen atoms in total. The molecule has 0 aromatic rings. The largest absolute Gasteiger partial charge is 0.469 e. The Balaban J connectivity index is 2.71. The van der Waals surface area contributed by atoms with E-state index in [0.29, 0.717) is 6.42 Å². The second-order valence-corrected chi connectivity index (χ2v) is 5.47. The summed E-state index contributed by atoms with van der Waals surface area (Å²) in [5.41, 5.74) is 6.11. The Labute approximate surface area is 121 Å². The van der Waals surface area contributed by atoms with Crippen LogP contribution in [0.5, 0.6) is 0 Å². The molecular weight excluding hydrogens is 256 g/mol. The first-order valence-corrected chi connectivity index (χ1v) is 7.21. The summed E-state index contributed by atoms with van der Waals surface area (Å²) in [6, 6.07) is 0.0985. The zero-order valence-corrected chi connectivity index (χ0v) is 12.5. The van der Waals surface area contributed by atoms with Gasteiger partial charge in [-0.2, -0.15) is 0 Å². The van der Waals surface area contributed by atoms with E-state index in [-0.39, 0.29) is 30.4 Å². The van der Waals surface area contributed by atoms with Crippen LogP contribution in [0.4, 0.5) is 0 Å². The maximum atomic E-state index is 12.5. The highest BCUT2D eigenvalue weighted by Gasteiger charge is 2.32. The minimum absolute atomic E-state index is 0.0280. The molecule has 0 aliphatic heterocycles. The number of carbonyl (C=O) groups is 2. The van der Waals surface area contributed by atoms with Crippen LogP contribution in [0.2, 0.25) is 0 Å². The van der Waals surface area contributed by atoms with Crippen LogP contribution in [0.3, 0.4) is 0 Å². The van der Waals surface area contributed by atoms with Gasteiger partial charge in [-0.3, -0.25) is 9.59 Å². The van der Waals surface area contributed by atoms with Crippen molar-refractivity contribution in [1.82, 2.24) is 4.90 Å². The Bertz CT molecular complexity index is 357. The summed E-state index contributed by atoms with van der Waals surface area (Å²) >= 11 is 0. The summed E-state index contributed by atoms with van der Waals surface area (Å²) < 4.78 is 4.65. The number of nitrogens with zero attached hydrogens (tertiary/aromatic N) is 1. The fraction of sp³-hybridized carbons (Fsp3) is 0.733. The number of nitrogens with two attached hydrogens (primary N) is 1. The van der Waals surface area contributed by atoms with Crippen LogP contribution in [-0.2, 0) is 14.3 Å². The van der Waals surface area contributed by atoms with Crippen molar-refractivity contribution in [2.45, 2.75) is 50.6 Å². The van der Waals surface area contributed by atoms with Crippen LogP contribution >= 0.6 is 0 Å². The molecule has 5 heteroatoms. The lowest BCUT2D eigenvalue weighted by Gasteiger charge is -2.37. The highest BCUT2D eigenvalue weighted by Crippen LogP contribution is 2.24. The molecule has 20 heavy (non-hydrogen) atoms. The number of allylic oxidation sites excluding steroid dienone is 1. The van der Waals surface area contributed by atoms with Crippen molar-refractivity contribution in [3.05, 3.63) is 12.7 Å². The summed E-state index contributed by atoms with van der Waals surface area (Å²) in [7, 11) is 3.12. The number of rotatable bonds is 6. The lowest BCUT2D eigenvalue weighted by atomic mass is 9.89. The van der Waals surface area contributed by atoms with Crippen molar-refractivity contribution in [2.24, 2.45) is 11.7 Å². The zero-order valence-electron chi connectivity index (χ0n) is 12.5. The van der Waals surface area contributed by atoms with E-state index in [9.17, 15) is 9.59 Å². The molecule has 0 spiro atoms. The molecule has 0 unspecified atom stereocenters. The Kier molecular flexibility index (Phi) is 6.71. The third-order valence-electron chi connectivity index (χ3n) is 4.07. The van der Waals surface area contributed by atoms with Crippen molar-refractivity contribution in [2.75, 3.05) is 14.2 Å². The van der Waals surface area contributed by atoms with Crippen molar-refractivity contribution in [3.63, 3.8) is 0 Å². The minimum atomic E-state index is -0.404. The number of methoxy groups -OCH3 is 1. The lowest BCUT2D eigenvalue weighted by molar-refractivity contribution is -0.147. The van der Waals surface area contributed by atoms with E-state index in [2.05, 4.69) is 11.3 Å². The average Bonchev–Trinajstić information content (AvgIpc) is 2.45. The SMILES string of the molecule is C=CC[C@H](CC(=O)OC)C(=O)N(C)[C@H]1CCCC[C@@H]1N. The first-order chi connectivity index (χ1) is 9.51. The molecule has 0 bridgehead atoms. The Morgan fingerprint density at radius 1 is 1.45 bits per heavy atom. The second-order valence-electron chi connectivity index (χ2n) is 5.47. The van der Waals surface area contributed by atoms with E-state index in [0.717, 1.165) is 25.7 Å². The summed E-state index contributed by atoms with van der Waals surface area (Å²) in [4.78, 5) is 25.7. The van der Waals surface area contributed by atoms with Gasteiger partial charge in [-0.1, -0.05) is 18.9 Å². The van der Waals surface area contributed by atoms with Crippen molar-refractivity contribution < 1.29 is 14.3 Å². The number of ether oxygens (including phenoxy) is 1. The quantitative estimate of drug-likeness (QED) is 0.591. The zero-order chi connectivity index (χ0) is 15.1. The van der Waals surface area contributed by atoms with Gasteiger partial charge in [0, 0.05) is 19.1 Å². The molecule has 3 atom stereocenters. The predicted molar refractivity (Wildman–Crippen MR) is 77.9 cm³/mol. The fourth-order valence-corrected chi connectivity index (χ4v) is 2.83. The first-order valence-electron chi connectivity index (χ1n) is 7.21. The van der Waals surface area contributed by atoms with Crippen LogP contribution in [0.25, 0.3) is 0 Å². The van der Waals surface area contributed by atoms with Gasteiger partial charge in [0.15, 0.2) is 0 Å². The molecule has 2 N–H and O–H groups in total. The van der Waals surface area contributed by atoms with E-state index in [1.807, 2.05) is 0 Å². The maximum absolute atomic E-state index is 12.5. The molecule has 1 rings (SSSR count). The van der Waals surface area contributed by atoms with Gasteiger partial charge in [0.2, 0.25) is 5.91 Å². The average molecular weight is 282 g/mol. The van der Waals surface area contributed by atoms with Crippen LogP contribution in [0.1, 0.15) is 38.5 Å². The van der Waals surface area contributed by atoms with E-state index in [4.69, 9.17) is 5.73 Å². The number of hydrogen-bond acceptors (Lipinski definition) is 4. The molecule has 1 aliphatic carbocycles. The number of esters is 1. The standard InChI is InChI=1S/C15H26N2O3/c1-4-7-11(10-14(18)20-3)15(19)17(2)13-9-6-5-8-12(13)16/h4,11-13H,1,5-10,16H2,2-3H3/t11-,12+,13+/m1/s1. The van der Waals surface area contributed by atoms with E-state index < -0.39 is 5.92 Å². The van der Waals surface area contributed by atoms with Crippen LogP contribution in [-0.4, -0.2) is 43.0 Å². The van der Waals surface area contributed by atoms with Gasteiger partial charge >= 0.3 is 5.97 Å². The Morgan fingerprint density at radius 2 is 2.10 bits per heavy atom. The molecule has 0 radical (unpaired) electrons. The van der Waals surface area contributed by atoms with Gasteiger partial charge in [0.25, 0.3) is 0 Å². The highest BCUT2D eigenvalue weighted by molar-refractivity contribution is 5.84. The molecule has 1 amide bonds. The molecule has 0 aromatic carbocycles. The van der Waals surface area contributed by atoms with Gasteiger partial charge in [0.1, 0.15) is 0 Å². The van der Waals surface area contributed by atoms with Crippen LogP contribution in [0, 0.1) is 5.92 Å². The molecule has 1 saturated carbocycles. The molecule has 0 aromatic heterocycles. The van der Waals surface area contributed by atoms with Crippen molar-refractivity contribution >= 4 is 11.9 Å². The minimum Gasteiger partial charge on any atom is -0.469 e. The number of amides is 1. The van der Waals surface area contributed by atoms with Crippen molar-refractivity contribution in [3.8, 4) is 0 Å². The molecule has 1 aliphatic rings. The molecule has 1 fully saturated rings. The van der Waals surface area contributed by atoms with E-state index in [1.54, 1.807) is 18.0 Å². The Hall–Kier alpha value is -1.36. The van der Waals surface area contributed by atoms with Crippen LogP contribution in [0.15, 0.2) is 12.7 Å². The number of carbonyl (C=O) groups excluding carboxylic acids is 2.